The Balaban J connectivity index is 1.51. The number of fused-ring (bicyclic) bond motifs is 1. The number of ether oxygens (including phenoxy) is 2. The first-order valence-electron chi connectivity index (χ1n) is 12.0. The molecular formula is C28H34N2O4. The van der Waals surface area contributed by atoms with E-state index in [1.54, 1.807) is 38.5 Å². The molecule has 0 saturated carbocycles. The van der Waals surface area contributed by atoms with Crippen molar-refractivity contribution in [3.05, 3.63) is 65.9 Å². The fourth-order valence-corrected chi connectivity index (χ4v) is 4.71. The summed E-state index contributed by atoms with van der Waals surface area (Å²) < 4.78 is 12.7. The number of rotatable bonds is 9. The van der Waals surface area contributed by atoms with Gasteiger partial charge in [0.1, 0.15) is 0 Å². The Morgan fingerprint density at radius 3 is 2.47 bits per heavy atom. The summed E-state index contributed by atoms with van der Waals surface area (Å²) >= 11 is 0. The molecule has 1 saturated heterocycles. The number of likely N-dealkylation sites (tertiary alicyclic amines) is 1. The Labute approximate surface area is 201 Å². The maximum Gasteiger partial charge on any atom is 0.185 e. The molecule has 0 spiro atoms. The van der Waals surface area contributed by atoms with Gasteiger partial charge in [-0.15, -0.1) is 0 Å². The lowest BCUT2D eigenvalue weighted by molar-refractivity contribution is 0.101. The van der Waals surface area contributed by atoms with Crippen molar-refractivity contribution in [2.24, 2.45) is 0 Å². The molecule has 2 aromatic carbocycles. The number of benzene rings is 2. The maximum atomic E-state index is 12.8. The van der Waals surface area contributed by atoms with Gasteiger partial charge in [-0.1, -0.05) is 31.0 Å². The molecule has 0 unspecified atom stereocenters. The summed E-state index contributed by atoms with van der Waals surface area (Å²) in [5, 5.41) is 11.9. The molecule has 1 atom stereocenters. The SMILES string of the molecule is COc1ccc(C(=O)/C=C/c2cn(C[C@H](O)CN3CCCCCC3)c3ccccc23)cc1OC. The van der Waals surface area contributed by atoms with E-state index >= 15 is 0 Å². The van der Waals surface area contributed by atoms with Gasteiger partial charge in [0, 0.05) is 41.3 Å². The monoisotopic (exact) mass is 462 g/mol. The van der Waals surface area contributed by atoms with Crippen molar-refractivity contribution >= 4 is 22.8 Å². The summed E-state index contributed by atoms with van der Waals surface area (Å²) in [7, 11) is 3.12. The number of para-hydroxylation sites is 1. The fraction of sp³-hybridized carbons (Fsp3) is 0.393. The zero-order chi connectivity index (χ0) is 23.9. The number of hydrogen-bond donors (Lipinski definition) is 1. The Kier molecular flexibility index (Phi) is 8.03. The number of β-amino-alcohol motifs (C(OH)–C–C–N with tert-alkyl or cyclic N) is 1. The lowest BCUT2D eigenvalue weighted by atomic mass is 10.1. The smallest absolute Gasteiger partial charge is 0.185 e. The van der Waals surface area contributed by atoms with Gasteiger partial charge in [-0.2, -0.15) is 0 Å². The van der Waals surface area contributed by atoms with Crippen molar-refractivity contribution in [2.45, 2.75) is 38.3 Å². The van der Waals surface area contributed by atoms with Crippen LogP contribution in [0.2, 0.25) is 0 Å². The average molecular weight is 463 g/mol. The summed E-state index contributed by atoms with van der Waals surface area (Å²) in [5.74, 6) is 1.00. The Hall–Kier alpha value is -3.09. The van der Waals surface area contributed by atoms with E-state index in [-0.39, 0.29) is 5.78 Å². The van der Waals surface area contributed by atoms with Gasteiger partial charge in [0.25, 0.3) is 0 Å². The minimum atomic E-state index is -0.445. The zero-order valence-electron chi connectivity index (χ0n) is 20.1. The number of aliphatic hydroxyl groups excluding tert-OH is 1. The van der Waals surface area contributed by atoms with Crippen LogP contribution < -0.4 is 9.47 Å². The molecule has 0 bridgehead atoms. The molecule has 0 amide bonds. The second kappa shape index (κ2) is 11.4. The van der Waals surface area contributed by atoms with Gasteiger partial charge in [-0.25, -0.2) is 0 Å². The van der Waals surface area contributed by atoms with Crippen molar-refractivity contribution in [1.29, 1.82) is 0 Å². The lowest BCUT2D eigenvalue weighted by Gasteiger charge is -2.23. The number of carbonyl (C=O) groups excluding carboxylic acids is 1. The van der Waals surface area contributed by atoms with Gasteiger partial charge >= 0.3 is 0 Å². The van der Waals surface area contributed by atoms with Gasteiger partial charge in [0.05, 0.1) is 20.3 Å². The summed E-state index contributed by atoms with van der Waals surface area (Å²) in [6.45, 7) is 3.34. The van der Waals surface area contributed by atoms with Crippen LogP contribution in [0.3, 0.4) is 0 Å². The predicted octanol–water partition coefficient (Wildman–Crippen LogP) is 4.79. The third-order valence-corrected chi connectivity index (χ3v) is 6.48. The average Bonchev–Trinajstić information content (AvgIpc) is 3.01. The van der Waals surface area contributed by atoms with E-state index in [1.807, 2.05) is 30.5 Å². The van der Waals surface area contributed by atoms with E-state index in [0.717, 1.165) is 29.6 Å². The topological polar surface area (TPSA) is 63.9 Å². The van der Waals surface area contributed by atoms with E-state index in [0.29, 0.717) is 30.2 Å². The molecule has 6 nitrogen and oxygen atoms in total. The number of aliphatic hydroxyl groups is 1. The highest BCUT2D eigenvalue weighted by molar-refractivity contribution is 6.08. The molecule has 0 radical (unpaired) electrons. The molecule has 1 aliphatic heterocycles. The third-order valence-electron chi connectivity index (χ3n) is 6.48. The van der Waals surface area contributed by atoms with Crippen LogP contribution in [0.25, 0.3) is 17.0 Å². The van der Waals surface area contributed by atoms with Gasteiger partial charge in [-0.05, 0) is 62.3 Å². The van der Waals surface area contributed by atoms with E-state index in [9.17, 15) is 9.90 Å². The van der Waals surface area contributed by atoms with Crippen LogP contribution >= 0.6 is 0 Å². The van der Waals surface area contributed by atoms with Crippen molar-refractivity contribution < 1.29 is 19.4 Å². The summed E-state index contributed by atoms with van der Waals surface area (Å²) in [5.41, 5.74) is 2.53. The fourth-order valence-electron chi connectivity index (χ4n) is 4.71. The van der Waals surface area contributed by atoms with Crippen LogP contribution in [0.4, 0.5) is 0 Å². The molecule has 34 heavy (non-hydrogen) atoms. The van der Waals surface area contributed by atoms with Crippen LogP contribution in [-0.4, -0.2) is 60.3 Å². The number of hydrogen-bond acceptors (Lipinski definition) is 5. The highest BCUT2D eigenvalue weighted by atomic mass is 16.5. The second-order valence-corrected chi connectivity index (χ2v) is 8.89. The molecule has 3 aromatic rings. The van der Waals surface area contributed by atoms with E-state index in [2.05, 4.69) is 15.5 Å². The number of carbonyl (C=O) groups is 1. The third kappa shape index (κ3) is 5.69. The molecular weight excluding hydrogens is 428 g/mol. The van der Waals surface area contributed by atoms with E-state index in [1.165, 1.54) is 25.7 Å². The molecule has 4 rings (SSSR count). The van der Waals surface area contributed by atoms with Gasteiger partial charge < -0.3 is 24.0 Å². The standard InChI is InChI=1S/C28H34N2O4/c1-33-27-14-12-21(17-28(27)34-2)26(32)13-11-22-18-30(25-10-6-5-9-24(22)25)20-23(31)19-29-15-7-3-4-8-16-29/h5-6,9-14,17-18,23,31H,3-4,7-8,15-16,19-20H2,1-2H3/b13-11+/t23-/m1/s1. The van der Waals surface area contributed by atoms with Crippen molar-refractivity contribution in [3.8, 4) is 11.5 Å². The lowest BCUT2D eigenvalue weighted by Crippen LogP contribution is -2.35. The van der Waals surface area contributed by atoms with Gasteiger partial charge in [0.2, 0.25) is 0 Å². The minimum absolute atomic E-state index is 0.112. The molecule has 1 aliphatic rings. The maximum absolute atomic E-state index is 12.8. The highest BCUT2D eigenvalue weighted by Crippen LogP contribution is 2.28. The van der Waals surface area contributed by atoms with Crippen LogP contribution in [-0.2, 0) is 6.54 Å². The number of aromatic nitrogens is 1. The number of allylic oxidation sites excluding steroid dienone is 1. The zero-order valence-corrected chi connectivity index (χ0v) is 20.1. The summed E-state index contributed by atoms with van der Waals surface area (Å²) in [6.07, 6.45) is 10.00. The second-order valence-electron chi connectivity index (χ2n) is 8.89. The largest absolute Gasteiger partial charge is 0.493 e. The molecule has 180 valence electrons. The Morgan fingerprint density at radius 1 is 1.00 bits per heavy atom. The van der Waals surface area contributed by atoms with Crippen molar-refractivity contribution in [3.63, 3.8) is 0 Å². The highest BCUT2D eigenvalue weighted by Gasteiger charge is 2.16. The van der Waals surface area contributed by atoms with Crippen LogP contribution in [0.1, 0.15) is 41.6 Å². The molecule has 1 N–H and O–H groups in total. The molecule has 6 heteroatoms. The molecule has 1 fully saturated rings. The quantitative estimate of drug-likeness (QED) is 0.366. The predicted molar refractivity (Wildman–Crippen MR) is 136 cm³/mol. The van der Waals surface area contributed by atoms with Gasteiger partial charge in [-0.3, -0.25) is 4.79 Å². The molecule has 2 heterocycles. The molecule has 0 aliphatic carbocycles. The minimum Gasteiger partial charge on any atom is -0.493 e. The van der Waals surface area contributed by atoms with E-state index in [4.69, 9.17) is 9.47 Å². The first-order chi connectivity index (χ1) is 16.6. The van der Waals surface area contributed by atoms with Crippen molar-refractivity contribution in [1.82, 2.24) is 9.47 Å². The molecule has 1 aromatic heterocycles. The Bertz CT molecular complexity index is 1140. The van der Waals surface area contributed by atoms with E-state index < -0.39 is 6.10 Å². The van der Waals surface area contributed by atoms with Crippen LogP contribution in [0.15, 0.2) is 54.7 Å². The van der Waals surface area contributed by atoms with Crippen LogP contribution in [0, 0.1) is 0 Å². The summed E-state index contributed by atoms with van der Waals surface area (Å²) in [6, 6.07) is 13.3. The normalized spacial score (nSPS) is 16.0. The first-order valence-corrected chi connectivity index (χ1v) is 12.0. The number of nitrogens with zero attached hydrogens (tertiary/aromatic N) is 2. The summed E-state index contributed by atoms with van der Waals surface area (Å²) in [4.78, 5) is 15.2. The van der Waals surface area contributed by atoms with Gasteiger partial charge in [0.15, 0.2) is 17.3 Å². The van der Waals surface area contributed by atoms with Crippen molar-refractivity contribution in [2.75, 3.05) is 33.9 Å². The number of ketones is 1. The first kappa shape index (κ1) is 24.0. The van der Waals surface area contributed by atoms with Crippen LogP contribution in [0.5, 0.6) is 11.5 Å². The Morgan fingerprint density at radius 2 is 1.74 bits per heavy atom. The number of methoxy groups -OCH3 is 2.